The molecule has 2 heterocycles. The van der Waals surface area contributed by atoms with Crippen LogP contribution in [0.5, 0.6) is 0 Å². The number of carbonyl (C=O) groups is 2. The molecule has 1 spiro atoms. The molecule has 5 aliphatic carbocycles. The van der Waals surface area contributed by atoms with E-state index in [0.717, 1.165) is 44.9 Å². The van der Waals surface area contributed by atoms with Gasteiger partial charge in [0.15, 0.2) is 5.79 Å². The number of esters is 2. The molecule has 37 heavy (non-hydrogen) atoms. The van der Waals surface area contributed by atoms with E-state index in [1.165, 1.54) is 23.8 Å². The van der Waals surface area contributed by atoms with E-state index < -0.39 is 5.79 Å². The SMILES string of the molecule is C=C1C2CC[C@@]34C(C2)C2(COC(C)=O)CCC[C@@](C)(COC(=O)c5cccs5)C2C[C@H]3OC(C)(C)O[C@@H]14. The van der Waals surface area contributed by atoms with Crippen molar-refractivity contribution in [2.45, 2.75) is 90.6 Å². The molecule has 0 N–H and O–H groups in total. The van der Waals surface area contributed by atoms with Crippen LogP contribution in [0.3, 0.4) is 0 Å². The molecule has 6 nitrogen and oxygen atoms in total. The molecule has 6 fully saturated rings. The van der Waals surface area contributed by atoms with Gasteiger partial charge in [0.05, 0.1) is 25.4 Å². The van der Waals surface area contributed by atoms with Gasteiger partial charge in [-0.25, -0.2) is 4.79 Å². The Hall–Kier alpha value is -1.70. The van der Waals surface area contributed by atoms with Crippen molar-refractivity contribution in [1.29, 1.82) is 0 Å². The molecule has 7 rings (SSSR count). The quantitative estimate of drug-likeness (QED) is 0.337. The van der Waals surface area contributed by atoms with Crippen LogP contribution in [-0.4, -0.2) is 43.1 Å². The Labute approximate surface area is 224 Å². The van der Waals surface area contributed by atoms with Crippen molar-refractivity contribution < 1.29 is 28.5 Å². The highest BCUT2D eigenvalue weighted by atomic mass is 32.1. The normalized spacial score (nSPS) is 43.5. The first-order valence-corrected chi connectivity index (χ1v) is 14.8. The Kier molecular flexibility index (Phi) is 5.98. The Morgan fingerprint density at radius 1 is 1.08 bits per heavy atom. The summed E-state index contributed by atoms with van der Waals surface area (Å²) in [6.45, 7) is 13.2. The maximum absolute atomic E-state index is 12.8. The molecule has 4 unspecified atom stereocenters. The maximum atomic E-state index is 12.8. The van der Waals surface area contributed by atoms with Gasteiger partial charge in [0, 0.05) is 23.2 Å². The standard InChI is InChI=1S/C30H40O6S/c1-18-20-9-12-30-23(14-20)29(17-33-19(2)31)11-7-10-28(5,16-34-26(32)21-8-6-13-37-21)22(29)15-24(30)35-27(3,4)36-25(18)30/h6,8,13,20,22-25H,1,7,9-12,14-17H2,2-5H3/t20?,22?,23?,24-,25+,28+,29?,30-/m1/s1. The average Bonchev–Trinajstić information content (AvgIpc) is 3.39. The van der Waals surface area contributed by atoms with E-state index in [4.69, 9.17) is 18.9 Å². The number of ether oxygens (including phenoxy) is 4. The van der Waals surface area contributed by atoms with Gasteiger partial charge in [-0.05, 0) is 87.1 Å². The van der Waals surface area contributed by atoms with Crippen LogP contribution in [0.25, 0.3) is 0 Å². The Morgan fingerprint density at radius 3 is 2.62 bits per heavy atom. The molecule has 5 saturated carbocycles. The Morgan fingerprint density at radius 2 is 1.89 bits per heavy atom. The van der Waals surface area contributed by atoms with Gasteiger partial charge in [-0.3, -0.25) is 4.79 Å². The lowest BCUT2D eigenvalue weighted by atomic mass is 9.35. The first-order valence-electron chi connectivity index (χ1n) is 13.9. The van der Waals surface area contributed by atoms with E-state index in [1.54, 1.807) is 0 Å². The van der Waals surface area contributed by atoms with E-state index >= 15 is 0 Å². The topological polar surface area (TPSA) is 71.1 Å². The van der Waals surface area contributed by atoms with E-state index in [2.05, 4.69) is 13.5 Å². The predicted octanol–water partition coefficient (Wildman–Crippen LogP) is 6.16. The number of hydrogen-bond donors (Lipinski definition) is 0. The number of fused-ring (bicyclic) bond motifs is 2. The highest BCUT2D eigenvalue weighted by molar-refractivity contribution is 7.11. The van der Waals surface area contributed by atoms with E-state index in [1.807, 2.05) is 31.4 Å². The molecule has 8 atom stereocenters. The van der Waals surface area contributed by atoms with Gasteiger partial charge in [-0.1, -0.05) is 26.0 Å². The second-order valence-corrected chi connectivity index (χ2v) is 14.0. The molecule has 7 heteroatoms. The molecule has 2 bridgehead atoms. The molecule has 1 aromatic rings. The second kappa shape index (κ2) is 8.65. The third-order valence-electron chi connectivity index (χ3n) is 10.7. The zero-order valence-corrected chi connectivity index (χ0v) is 23.4. The first kappa shape index (κ1) is 25.6. The summed E-state index contributed by atoms with van der Waals surface area (Å²) < 4.78 is 25.4. The number of thiophene rings is 1. The van der Waals surface area contributed by atoms with Crippen LogP contribution in [0.2, 0.25) is 0 Å². The lowest BCUT2D eigenvalue weighted by Gasteiger charge is -2.74. The second-order valence-electron chi connectivity index (χ2n) is 13.1. The highest BCUT2D eigenvalue weighted by Gasteiger charge is 2.74. The largest absolute Gasteiger partial charge is 0.465 e. The van der Waals surface area contributed by atoms with Crippen molar-refractivity contribution in [2.24, 2.45) is 34.0 Å². The molecule has 202 valence electrons. The summed E-state index contributed by atoms with van der Waals surface area (Å²) in [4.78, 5) is 25.6. The molecular formula is C30H40O6S. The van der Waals surface area contributed by atoms with Crippen molar-refractivity contribution >= 4 is 23.3 Å². The monoisotopic (exact) mass is 528 g/mol. The molecule has 1 aromatic heterocycles. The molecular weight excluding hydrogens is 488 g/mol. The average molecular weight is 529 g/mol. The van der Waals surface area contributed by atoms with Gasteiger partial charge in [0.25, 0.3) is 0 Å². The molecule has 0 radical (unpaired) electrons. The zero-order chi connectivity index (χ0) is 26.2. The first-order chi connectivity index (χ1) is 17.5. The highest BCUT2D eigenvalue weighted by Crippen LogP contribution is 2.74. The molecule has 6 aliphatic rings. The van der Waals surface area contributed by atoms with Crippen molar-refractivity contribution in [2.75, 3.05) is 13.2 Å². The van der Waals surface area contributed by atoms with Gasteiger partial charge < -0.3 is 18.9 Å². The van der Waals surface area contributed by atoms with Crippen LogP contribution in [0.4, 0.5) is 0 Å². The Bertz CT molecular complexity index is 1100. The van der Waals surface area contributed by atoms with Gasteiger partial charge in [-0.15, -0.1) is 11.3 Å². The minimum absolute atomic E-state index is 0.0289. The number of rotatable bonds is 5. The van der Waals surface area contributed by atoms with Crippen molar-refractivity contribution in [1.82, 2.24) is 0 Å². The number of hydrogen-bond acceptors (Lipinski definition) is 7. The van der Waals surface area contributed by atoms with Crippen LogP contribution in [0, 0.1) is 34.0 Å². The van der Waals surface area contributed by atoms with Crippen molar-refractivity contribution in [3.8, 4) is 0 Å². The molecule has 1 aliphatic heterocycles. The van der Waals surface area contributed by atoms with Gasteiger partial charge in [-0.2, -0.15) is 0 Å². The fourth-order valence-corrected chi connectivity index (χ4v) is 9.98. The van der Waals surface area contributed by atoms with Crippen LogP contribution >= 0.6 is 11.3 Å². The summed E-state index contributed by atoms with van der Waals surface area (Å²) in [5.41, 5.74) is 0.649. The van der Waals surface area contributed by atoms with Gasteiger partial charge in [0.1, 0.15) is 4.88 Å². The van der Waals surface area contributed by atoms with Crippen LogP contribution in [-0.2, 0) is 23.7 Å². The Balaban J connectivity index is 1.40. The van der Waals surface area contributed by atoms with Crippen molar-refractivity contribution in [3.05, 3.63) is 34.5 Å². The molecule has 0 aromatic carbocycles. The summed E-state index contributed by atoms with van der Waals surface area (Å²) >= 11 is 1.41. The van der Waals surface area contributed by atoms with Crippen LogP contribution in [0.1, 0.15) is 82.3 Å². The van der Waals surface area contributed by atoms with Crippen LogP contribution < -0.4 is 0 Å². The minimum Gasteiger partial charge on any atom is -0.465 e. The molecule has 0 amide bonds. The summed E-state index contributed by atoms with van der Waals surface area (Å²) in [6, 6.07) is 3.69. The van der Waals surface area contributed by atoms with E-state index in [-0.39, 0.29) is 46.3 Å². The van der Waals surface area contributed by atoms with Crippen molar-refractivity contribution in [3.63, 3.8) is 0 Å². The predicted molar refractivity (Wildman–Crippen MR) is 140 cm³/mol. The third kappa shape index (κ3) is 3.78. The summed E-state index contributed by atoms with van der Waals surface area (Å²) in [5, 5.41) is 1.90. The summed E-state index contributed by atoms with van der Waals surface area (Å²) in [6.07, 6.45) is 7.09. The third-order valence-corrected chi connectivity index (χ3v) is 11.6. The fourth-order valence-electron chi connectivity index (χ4n) is 9.36. The van der Waals surface area contributed by atoms with E-state index in [9.17, 15) is 9.59 Å². The number of carbonyl (C=O) groups excluding carboxylic acids is 2. The summed E-state index contributed by atoms with van der Waals surface area (Å²) in [7, 11) is 0. The van der Waals surface area contributed by atoms with E-state index in [0.29, 0.717) is 29.9 Å². The molecule has 1 saturated heterocycles. The lowest BCUT2D eigenvalue weighted by Crippen LogP contribution is -2.75. The van der Waals surface area contributed by atoms with Gasteiger partial charge in [0.2, 0.25) is 0 Å². The lowest BCUT2D eigenvalue weighted by molar-refractivity contribution is -0.397. The maximum Gasteiger partial charge on any atom is 0.348 e. The minimum atomic E-state index is -0.682. The summed E-state index contributed by atoms with van der Waals surface area (Å²) in [5.74, 6) is -0.241. The van der Waals surface area contributed by atoms with Crippen LogP contribution in [0.15, 0.2) is 29.7 Å². The smallest absolute Gasteiger partial charge is 0.348 e. The zero-order valence-electron chi connectivity index (χ0n) is 22.5. The fraction of sp³-hybridized carbons (Fsp3) is 0.733. The van der Waals surface area contributed by atoms with Gasteiger partial charge >= 0.3 is 11.9 Å².